The van der Waals surface area contributed by atoms with Crippen molar-refractivity contribution in [2.75, 3.05) is 0 Å². The Labute approximate surface area is 218 Å². The molecule has 194 valence electrons. The van der Waals surface area contributed by atoms with E-state index in [0.29, 0.717) is 31.1 Å². The number of phenolic OH excluding ortho intramolecular Hbond substituents is 2. The molecular formula is C32H44N2O2. The van der Waals surface area contributed by atoms with Gasteiger partial charge in [-0.25, -0.2) is 0 Å². The standard InChI is InChI=1S/C32H44N2O2/c1-9-22-15-24(29(35)27(17-22)31(3,4)5)19-34(21-26-13-11-12-14-33-26)20-25-16-23(10-2)18-28(30(25)36)32(6,7)8/h11-18,35-36H,9-10,19-21H2,1-8H3. The van der Waals surface area contributed by atoms with Gasteiger partial charge in [-0.1, -0.05) is 85.7 Å². The number of nitrogens with zero attached hydrogens (tertiary/aromatic N) is 2. The molecule has 0 spiro atoms. The maximum atomic E-state index is 11.3. The minimum atomic E-state index is -0.162. The Bertz CT molecular complexity index is 1100. The van der Waals surface area contributed by atoms with Crippen LogP contribution in [0.25, 0.3) is 0 Å². The lowest BCUT2D eigenvalue weighted by molar-refractivity contribution is 0.237. The number of aromatic nitrogens is 1. The fourth-order valence-corrected chi connectivity index (χ4v) is 4.68. The van der Waals surface area contributed by atoms with Crippen LogP contribution >= 0.6 is 0 Å². The molecule has 0 saturated heterocycles. The molecule has 3 rings (SSSR count). The lowest BCUT2D eigenvalue weighted by Crippen LogP contribution is -2.24. The molecule has 0 aliphatic rings. The number of benzene rings is 2. The molecule has 0 aliphatic carbocycles. The normalized spacial score (nSPS) is 12.4. The van der Waals surface area contributed by atoms with Gasteiger partial charge in [-0.05, 0) is 58.1 Å². The summed E-state index contributed by atoms with van der Waals surface area (Å²) in [4.78, 5) is 6.83. The molecule has 0 unspecified atom stereocenters. The van der Waals surface area contributed by atoms with E-state index in [1.165, 1.54) is 11.1 Å². The Balaban J connectivity index is 2.08. The third-order valence-electron chi connectivity index (χ3n) is 6.83. The Morgan fingerprint density at radius 2 is 1.17 bits per heavy atom. The van der Waals surface area contributed by atoms with Crippen LogP contribution in [0.2, 0.25) is 0 Å². The van der Waals surface area contributed by atoms with Crippen LogP contribution < -0.4 is 0 Å². The van der Waals surface area contributed by atoms with Crippen molar-refractivity contribution in [3.63, 3.8) is 0 Å². The smallest absolute Gasteiger partial charge is 0.123 e. The van der Waals surface area contributed by atoms with Crippen LogP contribution in [0.4, 0.5) is 0 Å². The van der Waals surface area contributed by atoms with Crippen molar-refractivity contribution < 1.29 is 10.2 Å². The van der Waals surface area contributed by atoms with Gasteiger partial charge in [-0.3, -0.25) is 9.88 Å². The summed E-state index contributed by atoms with van der Waals surface area (Å²) in [5.74, 6) is 0.736. The van der Waals surface area contributed by atoms with E-state index in [0.717, 1.165) is 40.8 Å². The highest BCUT2D eigenvalue weighted by Gasteiger charge is 2.25. The fourth-order valence-electron chi connectivity index (χ4n) is 4.68. The van der Waals surface area contributed by atoms with Gasteiger partial charge in [0.1, 0.15) is 11.5 Å². The average molecular weight is 489 g/mol. The Morgan fingerprint density at radius 1 is 0.694 bits per heavy atom. The summed E-state index contributed by atoms with van der Waals surface area (Å²) in [5.41, 5.74) is 6.85. The zero-order valence-corrected chi connectivity index (χ0v) is 23.4. The van der Waals surface area contributed by atoms with E-state index in [1.54, 1.807) is 0 Å². The van der Waals surface area contributed by atoms with E-state index in [9.17, 15) is 10.2 Å². The van der Waals surface area contributed by atoms with Gasteiger partial charge in [-0.2, -0.15) is 0 Å². The average Bonchev–Trinajstić information content (AvgIpc) is 2.80. The van der Waals surface area contributed by atoms with Crippen molar-refractivity contribution in [2.45, 2.75) is 98.7 Å². The maximum Gasteiger partial charge on any atom is 0.123 e. The van der Waals surface area contributed by atoms with Crippen LogP contribution in [-0.2, 0) is 43.3 Å². The highest BCUT2D eigenvalue weighted by molar-refractivity contribution is 5.49. The molecule has 2 N–H and O–H groups in total. The summed E-state index contributed by atoms with van der Waals surface area (Å²) in [6.07, 6.45) is 3.63. The van der Waals surface area contributed by atoms with Gasteiger partial charge in [0.15, 0.2) is 0 Å². The first kappa shape index (κ1) is 27.7. The maximum absolute atomic E-state index is 11.3. The third kappa shape index (κ3) is 6.67. The molecule has 0 saturated carbocycles. The lowest BCUT2D eigenvalue weighted by atomic mass is 9.83. The second kappa shape index (κ2) is 11.0. The molecule has 2 aromatic carbocycles. The molecule has 0 fully saturated rings. The topological polar surface area (TPSA) is 56.6 Å². The van der Waals surface area contributed by atoms with Crippen LogP contribution in [0.3, 0.4) is 0 Å². The van der Waals surface area contributed by atoms with Crippen LogP contribution in [0.15, 0.2) is 48.7 Å². The van der Waals surface area contributed by atoms with Crippen molar-refractivity contribution in [3.8, 4) is 11.5 Å². The quantitative estimate of drug-likeness (QED) is 0.346. The summed E-state index contributed by atoms with van der Waals surface area (Å²) in [6, 6.07) is 14.5. The van der Waals surface area contributed by atoms with E-state index >= 15 is 0 Å². The van der Waals surface area contributed by atoms with Crippen LogP contribution in [0.1, 0.15) is 94.5 Å². The van der Waals surface area contributed by atoms with Gasteiger partial charge in [0, 0.05) is 37.0 Å². The molecule has 0 bridgehead atoms. The third-order valence-corrected chi connectivity index (χ3v) is 6.83. The molecule has 1 heterocycles. The number of phenols is 2. The molecule has 0 atom stereocenters. The fraction of sp³-hybridized carbons (Fsp3) is 0.469. The zero-order valence-electron chi connectivity index (χ0n) is 23.4. The molecule has 1 aromatic heterocycles. The molecule has 4 heteroatoms. The first-order valence-corrected chi connectivity index (χ1v) is 13.2. The Morgan fingerprint density at radius 3 is 1.53 bits per heavy atom. The van der Waals surface area contributed by atoms with Crippen molar-refractivity contribution >= 4 is 0 Å². The molecule has 0 amide bonds. The number of aryl methyl sites for hydroxylation is 2. The molecule has 36 heavy (non-hydrogen) atoms. The summed E-state index contributed by atoms with van der Waals surface area (Å²) < 4.78 is 0. The van der Waals surface area contributed by atoms with Crippen molar-refractivity contribution in [1.82, 2.24) is 9.88 Å². The van der Waals surface area contributed by atoms with E-state index in [-0.39, 0.29) is 10.8 Å². The highest BCUT2D eigenvalue weighted by atomic mass is 16.3. The van der Waals surface area contributed by atoms with Crippen LogP contribution in [-0.4, -0.2) is 20.1 Å². The number of pyridine rings is 1. The predicted octanol–water partition coefficient (Wildman–Crippen LogP) is 7.42. The predicted molar refractivity (Wildman–Crippen MR) is 150 cm³/mol. The van der Waals surface area contributed by atoms with Crippen molar-refractivity contribution in [3.05, 3.63) is 87.7 Å². The minimum Gasteiger partial charge on any atom is -0.507 e. The van der Waals surface area contributed by atoms with Gasteiger partial charge in [-0.15, -0.1) is 0 Å². The lowest BCUT2D eigenvalue weighted by Gasteiger charge is -2.28. The number of hydrogen-bond donors (Lipinski definition) is 2. The van der Waals surface area contributed by atoms with E-state index in [4.69, 9.17) is 0 Å². The van der Waals surface area contributed by atoms with Crippen molar-refractivity contribution in [1.29, 1.82) is 0 Å². The van der Waals surface area contributed by atoms with Gasteiger partial charge >= 0.3 is 0 Å². The van der Waals surface area contributed by atoms with Gasteiger partial charge in [0.05, 0.1) is 5.69 Å². The first-order chi connectivity index (χ1) is 16.8. The van der Waals surface area contributed by atoms with E-state index in [2.05, 4.69) is 89.5 Å². The van der Waals surface area contributed by atoms with E-state index in [1.807, 2.05) is 24.4 Å². The van der Waals surface area contributed by atoms with Gasteiger partial charge in [0.25, 0.3) is 0 Å². The minimum absolute atomic E-state index is 0.162. The Kier molecular flexibility index (Phi) is 8.51. The van der Waals surface area contributed by atoms with Crippen molar-refractivity contribution in [2.24, 2.45) is 0 Å². The number of hydrogen-bond acceptors (Lipinski definition) is 4. The summed E-state index contributed by atoms with van der Waals surface area (Å²) in [5, 5.41) is 22.6. The molecule has 0 aliphatic heterocycles. The van der Waals surface area contributed by atoms with Gasteiger partial charge < -0.3 is 10.2 Å². The summed E-state index contributed by atoms with van der Waals surface area (Å²) >= 11 is 0. The summed E-state index contributed by atoms with van der Waals surface area (Å²) in [7, 11) is 0. The van der Waals surface area contributed by atoms with Gasteiger partial charge in [0.2, 0.25) is 0 Å². The molecule has 3 aromatic rings. The number of rotatable bonds is 8. The van der Waals surface area contributed by atoms with Crippen LogP contribution in [0, 0.1) is 0 Å². The number of aromatic hydroxyl groups is 2. The highest BCUT2D eigenvalue weighted by Crippen LogP contribution is 2.38. The second-order valence-corrected chi connectivity index (χ2v) is 12.0. The zero-order chi connectivity index (χ0) is 26.7. The van der Waals surface area contributed by atoms with Crippen LogP contribution in [0.5, 0.6) is 11.5 Å². The largest absolute Gasteiger partial charge is 0.507 e. The Hall–Kier alpha value is -2.85. The second-order valence-electron chi connectivity index (χ2n) is 12.0. The SMILES string of the molecule is CCc1cc(CN(Cc2ccccn2)Cc2cc(CC)cc(C(C)(C)C)c2O)c(O)c(C(C)(C)C)c1. The van der Waals surface area contributed by atoms with E-state index < -0.39 is 0 Å². The molecule has 0 radical (unpaired) electrons. The molecule has 4 nitrogen and oxygen atoms in total. The molecular weight excluding hydrogens is 444 g/mol. The monoisotopic (exact) mass is 488 g/mol. The first-order valence-electron chi connectivity index (χ1n) is 13.2. The summed E-state index contributed by atoms with van der Waals surface area (Å²) in [6.45, 7) is 18.9.